The Morgan fingerprint density at radius 1 is 1.24 bits per heavy atom. The Morgan fingerprint density at radius 2 is 1.94 bits per heavy atom. The molecule has 102 valence electrons. The summed E-state index contributed by atoms with van der Waals surface area (Å²) in [7, 11) is 0. The van der Waals surface area contributed by atoms with Crippen molar-refractivity contribution in [2.75, 3.05) is 18.1 Å². The van der Waals surface area contributed by atoms with E-state index in [0.717, 1.165) is 17.9 Å². The van der Waals surface area contributed by atoms with Crippen LogP contribution in [0, 0.1) is 11.8 Å². The maximum atomic E-state index is 3.78. The summed E-state index contributed by atoms with van der Waals surface area (Å²) in [4.78, 5) is 0. The normalized spacial score (nSPS) is 19.1. The lowest BCUT2D eigenvalue weighted by Gasteiger charge is -2.24. The first kappa shape index (κ1) is 15.4. The van der Waals surface area contributed by atoms with Gasteiger partial charge in [-0.05, 0) is 49.8 Å². The van der Waals surface area contributed by atoms with E-state index in [1.807, 2.05) is 0 Å². The topological polar surface area (TPSA) is 12.0 Å². The van der Waals surface area contributed by atoms with E-state index in [1.54, 1.807) is 0 Å². The van der Waals surface area contributed by atoms with Crippen molar-refractivity contribution < 1.29 is 0 Å². The van der Waals surface area contributed by atoms with E-state index < -0.39 is 0 Å². The van der Waals surface area contributed by atoms with Crippen LogP contribution in [0.3, 0.4) is 0 Å². The van der Waals surface area contributed by atoms with Crippen LogP contribution in [0.4, 0.5) is 0 Å². The molecule has 0 amide bonds. The fraction of sp³-hybridized carbons (Fsp3) is 1.00. The molecule has 0 aliphatic heterocycles. The molecular formula is C15H31NS. The van der Waals surface area contributed by atoms with E-state index in [2.05, 4.69) is 37.8 Å². The molecule has 1 fully saturated rings. The Labute approximate surface area is 113 Å². The van der Waals surface area contributed by atoms with E-state index in [1.165, 1.54) is 56.6 Å². The standard InChI is InChI=1S/C15H31NS/c1-4-10-16-15(14-7-5-6-8-14)12-17-11-9-13(2)3/h13-16H,4-12H2,1-3H3. The van der Waals surface area contributed by atoms with Crippen molar-refractivity contribution in [3.63, 3.8) is 0 Å². The highest BCUT2D eigenvalue weighted by atomic mass is 32.2. The van der Waals surface area contributed by atoms with Crippen molar-refractivity contribution in [3.05, 3.63) is 0 Å². The summed E-state index contributed by atoms with van der Waals surface area (Å²) >= 11 is 2.16. The zero-order valence-electron chi connectivity index (χ0n) is 12.0. The van der Waals surface area contributed by atoms with Gasteiger partial charge in [-0.1, -0.05) is 33.6 Å². The van der Waals surface area contributed by atoms with Gasteiger partial charge in [0.05, 0.1) is 0 Å². The molecule has 1 saturated carbocycles. The van der Waals surface area contributed by atoms with Crippen molar-refractivity contribution in [3.8, 4) is 0 Å². The lowest BCUT2D eigenvalue weighted by atomic mass is 10.00. The van der Waals surface area contributed by atoms with Gasteiger partial charge >= 0.3 is 0 Å². The third kappa shape index (κ3) is 6.71. The van der Waals surface area contributed by atoms with Gasteiger partial charge in [0, 0.05) is 11.8 Å². The van der Waals surface area contributed by atoms with E-state index >= 15 is 0 Å². The van der Waals surface area contributed by atoms with Crippen LogP contribution >= 0.6 is 11.8 Å². The highest BCUT2D eigenvalue weighted by molar-refractivity contribution is 7.99. The fourth-order valence-electron chi connectivity index (χ4n) is 2.58. The summed E-state index contributed by atoms with van der Waals surface area (Å²) in [6, 6.07) is 0.787. The molecule has 1 nitrogen and oxygen atoms in total. The molecule has 1 atom stereocenters. The minimum absolute atomic E-state index is 0.787. The van der Waals surface area contributed by atoms with Crippen LogP contribution in [-0.4, -0.2) is 24.1 Å². The summed E-state index contributed by atoms with van der Waals surface area (Å²) in [6.07, 6.45) is 8.49. The molecule has 2 heteroatoms. The van der Waals surface area contributed by atoms with Crippen molar-refractivity contribution in [1.82, 2.24) is 5.32 Å². The second kappa shape index (κ2) is 9.27. The molecular weight excluding hydrogens is 226 g/mol. The summed E-state index contributed by atoms with van der Waals surface area (Å²) in [5.41, 5.74) is 0. The van der Waals surface area contributed by atoms with Gasteiger partial charge in [0.25, 0.3) is 0 Å². The van der Waals surface area contributed by atoms with E-state index in [9.17, 15) is 0 Å². The first-order valence-corrected chi connectivity index (χ1v) is 8.70. The Morgan fingerprint density at radius 3 is 2.53 bits per heavy atom. The van der Waals surface area contributed by atoms with Gasteiger partial charge in [-0.15, -0.1) is 0 Å². The van der Waals surface area contributed by atoms with Gasteiger partial charge in [-0.2, -0.15) is 11.8 Å². The largest absolute Gasteiger partial charge is 0.313 e. The smallest absolute Gasteiger partial charge is 0.0186 e. The van der Waals surface area contributed by atoms with Gasteiger partial charge in [0.2, 0.25) is 0 Å². The highest BCUT2D eigenvalue weighted by Crippen LogP contribution is 2.29. The predicted octanol–water partition coefficient (Wildman–Crippen LogP) is 4.32. The van der Waals surface area contributed by atoms with Crippen LogP contribution < -0.4 is 5.32 Å². The number of hydrogen-bond acceptors (Lipinski definition) is 2. The highest BCUT2D eigenvalue weighted by Gasteiger charge is 2.24. The Kier molecular flexibility index (Phi) is 8.38. The molecule has 0 aromatic heterocycles. The van der Waals surface area contributed by atoms with E-state index in [-0.39, 0.29) is 0 Å². The second-order valence-corrected chi connectivity index (χ2v) is 7.01. The quantitative estimate of drug-likeness (QED) is 0.617. The summed E-state index contributed by atoms with van der Waals surface area (Å²) in [6.45, 7) is 8.12. The number of thioether (sulfide) groups is 1. The van der Waals surface area contributed by atoms with Gasteiger partial charge in [-0.3, -0.25) is 0 Å². The maximum Gasteiger partial charge on any atom is 0.0186 e. The van der Waals surface area contributed by atoms with Crippen LogP contribution in [-0.2, 0) is 0 Å². The molecule has 0 heterocycles. The molecule has 0 spiro atoms. The van der Waals surface area contributed by atoms with Crippen molar-refractivity contribution in [2.45, 2.75) is 65.3 Å². The van der Waals surface area contributed by atoms with Gasteiger partial charge < -0.3 is 5.32 Å². The molecule has 1 unspecified atom stereocenters. The molecule has 1 rings (SSSR count). The number of rotatable bonds is 9. The summed E-state index contributed by atoms with van der Waals surface area (Å²) in [5.74, 6) is 4.50. The van der Waals surface area contributed by atoms with Gasteiger partial charge in [-0.25, -0.2) is 0 Å². The molecule has 0 aromatic carbocycles. The van der Waals surface area contributed by atoms with Crippen LogP contribution in [0.25, 0.3) is 0 Å². The number of nitrogens with one attached hydrogen (secondary N) is 1. The molecule has 0 bridgehead atoms. The Balaban J connectivity index is 2.20. The van der Waals surface area contributed by atoms with Crippen molar-refractivity contribution in [2.24, 2.45) is 11.8 Å². The maximum absolute atomic E-state index is 3.78. The number of hydrogen-bond donors (Lipinski definition) is 1. The molecule has 0 saturated heterocycles. The lowest BCUT2D eigenvalue weighted by molar-refractivity contribution is 0.388. The van der Waals surface area contributed by atoms with Crippen LogP contribution in [0.2, 0.25) is 0 Å². The molecule has 0 radical (unpaired) electrons. The summed E-state index contributed by atoms with van der Waals surface area (Å²) in [5, 5.41) is 3.78. The Bertz CT molecular complexity index is 176. The lowest BCUT2D eigenvalue weighted by Crippen LogP contribution is -2.37. The molecule has 1 N–H and O–H groups in total. The van der Waals surface area contributed by atoms with E-state index in [4.69, 9.17) is 0 Å². The SMILES string of the molecule is CCCNC(CSCCC(C)C)C1CCCC1. The molecule has 17 heavy (non-hydrogen) atoms. The Hall–Kier alpha value is 0.310. The zero-order chi connectivity index (χ0) is 12.5. The fourth-order valence-corrected chi connectivity index (χ4v) is 4.03. The predicted molar refractivity (Wildman–Crippen MR) is 80.8 cm³/mol. The second-order valence-electron chi connectivity index (χ2n) is 5.86. The zero-order valence-corrected chi connectivity index (χ0v) is 12.8. The molecule has 0 aromatic rings. The first-order chi connectivity index (χ1) is 8.24. The first-order valence-electron chi connectivity index (χ1n) is 7.55. The van der Waals surface area contributed by atoms with E-state index in [0.29, 0.717) is 0 Å². The van der Waals surface area contributed by atoms with Crippen LogP contribution in [0.5, 0.6) is 0 Å². The third-order valence-electron chi connectivity index (χ3n) is 3.76. The van der Waals surface area contributed by atoms with Crippen molar-refractivity contribution in [1.29, 1.82) is 0 Å². The van der Waals surface area contributed by atoms with Crippen LogP contribution in [0.1, 0.15) is 59.3 Å². The minimum atomic E-state index is 0.787. The van der Waals surface area contributed by atoms with Crippen LogP contribution in [0.15, 0.2) is 0 Å². The van der Waals surface area contributed by atoms with Gasteiger partial charge in [0.15, 0.2) is 0 Å². The molecule has 1 aliphatic carbocycles. The third-order valence-corrected chi connectivity index (χ3v) is 4.88. The molecule has 1 aliphatic rings. The van der Waals surface area contributed by atoms with Crippen molar-refractivity contribution >= 4 is 11.8 Å². The average Bonchev–Trinajstić information content (AvgIpc) is 2.81. The minimum Gasteiger partial charge on any atom is -0.313 e. The summed E-state index contributed by atoms with van der Waals surface area (Å²) < 4.78 is 0. The van der Waals surface area contributed by atoms with Gasteiger partial charge in [0.1, 0.15) is 0 Å². The average molecular weight is 257 g/mol. The monoisotopic (exact) mass is 257 g/mol.